The Morgan fingerprint density at radius 2 is 2.00 bits per heavy atom. The lowest BCUT2D eigenvalue weighted by atomic mass is 10.0. The molecule has 0 atom stereocenters. The van der Waals surface area contributed by atoms with Crippen molar-refractivity contribution >= 4 is 0 Å². The van der Waals surface area contributed by atoms with Gasteiger partial charge < -0.3 is 5.32 Å². The summed E-state index contributed by atoms with van der Waals surface area (Å²) < 4.78 is 26.6. The van der Waals surface area contributed by atoms with Crippen LogP contribution >= 0.6 is 0 Å². The van der Waals surface area contributed by atoms with E-state index in [2.05, 4.69) is 30.1 Å². The Bertz CT molecular complexity index is 488. The molecule has 0 radical (unpaired) electrons. The van der Waals surface area contributed by atoms with Crippen LogP contribution < -0.4 is 5.32 Å². The summed E-state index contributed by atoms with van der Waals surface area (Å²) in [7, 11) is 0. The molecule has 1 aromatic rings. The fraction of sp³-hybridized carbons (Fsp3) is 0.529. The summed E-state index contributed by atoms with van der Waals surface area (Å²) >= 11 is 0. The van der Waals surface area contributed by atoms with E-state index < -0.39 is 0 Å². The molecule has 0 saturated carbocycles. The first-order valence-electron chi connectivity index (χ1n) is 7.57. The van der Waals surface area contributed by atoms with E-state index in [1.54, 1.807) is 0 Å². The van der Waals surface area contributed by atoms with Gasteiger partial charge in [-0.15, -0.1) is 0 Å². The summed E-state index contributed by atoms with van der Waals surface area (Å²) in [5, 5.41) is 3.34. The van der Waals surface area contributed by atoms with Gasteiger partial charge in [-0.2, -0.15) is 0 Å². The van der Waals surface area contributed by atoms with Gasteiger partial charge in [-0.25, -0.2) is 8.78 Å². The summed E-state index contributed by atoms with van der Waals surface area (Å²) in [5.41, 5.74) is 1.75. The largest absolute Gasteiger partial charge is 0.310 e. The minimum absolute atomic E-state index is 0.343. The van der Waals surface area contributed by atoms with Gasteiger partial charge >= 0.3 is 0 Å². The highest BCUT2D eigenvalue weighted by atomic mass is 19.1. The van der Waals surface area contributed by atoms with Gasteiger partial charge in [0.25, 0.3) is 0 Å². The molecule has 4 heteroatoms. The van der Waals surface area contributed by atoms with Gasteiger partial charge in [0.2, 0.25) is 0 Å². The van der Waals surface area contributed by atoms with Crippen molar-refractivity contribution in [1.82, 2.24) is 10.2 Å². The lowest BCUT2D eigenvalue weighted by Crippen LogP contribution is -2.42. The first-order chi connectivity index (χ1) is 10.0. The van der Waals surface area contributed by atoms with E-state index in [0.717, 1.165) is 38.5 Å². The molecule has 0 amide bonds. The number of likely N-dealkylation sites (tertiary alicyclic amines) is 1. The van der Waals surface area contributed by atoms with Gasteiger partial charge in [0.05, 0.1) is 0 Å². The maximum absolute atomic E-state index is 13.5. The van der Waals surface area contributed by atoms with Crippen LogP contribution in [0.3, 0.4) is 0 Å². The Labute approximate surface area is 125 Å². The first kappa shape index (κ1) is 16.1. The molecule has 1 aliphatic rings. The number of nitrogens with one attached hydrogen (secondary N) is 1. The van der Waals surface area contributed by atoms with Gasteiger partial charge in [-0.1, -0.05) is 11.6 Å². The van der Waals surface area contributed by atoms with Gasteiger partial charge in [0.15, 0.2) is 0 Å². The second-order valence-corrected chi connectivity index (χ2v) is 5.97. The summed E-state index contributed by atoms with van der Waals surface area (Å²) in [4.78, 5) is 2.42. The fourth-order valence-electron chi connectivity index (χ4n) is 2.56. The molecule has 2 nitrogen and oxygen atoms in total. The number of allylic oxidation sites excluding steroid dienone is 1. The third-order valence-electron chi connectivity index (χ3n) is 3.93. The van der Waals surface area contributed by atoms with Crippen molar-refractivity contribution in [2.45, 2.75) is 39.3 Å². The third kappa shape index (κ3) is 5.21. The quantitative estimate of drug-likeness (QED) is 0.836. The van der Waals surface area contributed by atoms with E-state index >= 15 is 0 Å². The van der Waals surface area contributed by atoms with E-state index in [9.17, 15) is 8.78 Å². The monoisotopic (exact) mass is 294 g/mol. The van der Waals surface area contributed by atoms with Crippen LogP contribution in [0.15, 0.2) is 29.8 Å². The smallest absolute Gasteiger partial charge is 0.127 e. The number of benzene rings is 1. The lowest BCUT2D eigenvalue weighted by Gasteiger charge is -2.32. The fourth-order valence-corrected chi connectivity index (χ4v) is 2.56. The maximum Gasteiger partial charge on any atom is 0.127 e. The highest BCUT2D eigenvalue weighted by Gasteiger charge is 2.18. The minimum atomic E-state index is -0.384. The zero-order chi connectivity index (χ0) is 15.2. The van der Waals surface area contributed by atoms with Crippen LogP contribution in [0.4, 0.5) is 8.78 Å². The molecule has 21 heavy (non-hydrogen) atoms. The Morgan fingerprint density at radius 1 is 1.29 bits per heavy atom. The number of nitrogens with zero attached hydrogens (tertiary/aromatic N) is 1. The highest BCUT2D eigenvalue weighted by Crippen LogP contribution is 2.13. The molecule has 0 aliphatic carbocycles. The lowest BCUT2D eigenvalue weighted by molar-refractivity contribution is 0.214. The zero-order valence-electron chi connectivity index (χ0n) is 12.8. The summed E-state index contributed by atoms with van der Waals surface area (Å²) in [6.07, 6.45) is 4.34. The first-order valence-corrected chi connectivity index (χ1v) is 7.57. The van der Waals surface area contributed by atoms with Crippen LogP contribution in [-0.4, -0.2) is 30.6 Å². The number of hydrogen-bond donors (Lipinski definition) is 1. The predicted octanol–water partition coefficient (Wildman–Crippen LogP) is 3.49. The Hall–Kier alpha value is -1.26. The Balaban J connectivity index is 1.76. The van der Waals surface area contributed by atoms with Crippen molar-refractivity contribution in [3.63, 3.8) is 0 Å². The topological polar surface area (TPSA) is 15.3 Å². The minimum Gasteiger partial charge on any atom is -0.310 e. The van der Waals surface area contributed by atoms with Crippen molar-refractivity contribution in [3.8, 4) is 0 Å². The van der Waals surface area contributed by atoms with Gasteiger partial charge in [-0.05, 0) is 58.0 Å². The second kappa shape index (κ2) is 7.66. The van der Waals surface area contributed by atoms with E-state index in [-0.39, 0.29) is 11.6 Å². The second-order valence-electron chi connectivity index (χ2n) is 5.97. The Morgan fingerprint density at radius 3 is 2.67 bits per heavy atom. The van der Waals surface area contributed by atoms with E-state index in [1.165, 1.54) is 17.7 Å². The molecule has 1 N–H and O–H groups in total. The third-order valence-corrected chi connectivity index (χ3v) is 3.93. The molecule has 2 rings (SSSR count). The molecule has 0 spiro atoms. The van der Waals surface area contributed by atoms with Crippen LogP contribution in [0, 0.1) is 11.6 Å². The average Bonchev–Trinajstić information content (AvgIpc) is 2.47. The molecule has 1 saturated heterocycles. The maximum atomic E-state index is 13.5. The van der Waals surface area contributed by atoms with Crippen molar-refractivity contribution in [2.75, 3.05) is 19.6 Å². The van der Waals surface area contributed by atoms with Crippen molar-refractivity contribution in [1.29, 1.82) is 0 Å². The molecule has 1 fully saturated rings. The van der Waals surface area contributed by atoms with Crippen LogP contribution in [0.1, 0.15) is 32.3 Å². The molecule has 1 aromatic carbocycles. The number of piperidine rings is 1. The molecule has 116 valence electrons. The van der Waals surface area contributed by atoms with Crippen LogP contribution in [0.5, 0.6) is 0 Å². The molecular weight excluding hydrogens is 270 g/mol. The van der Waals surface area contributed by atoms with E-state index in [4.69, 9.17) is 0 Å². The molecular formula is C17H24F2N2. The van der Waals surface area contributed by atoms with Gasteiger partial charge in [0.1, 0.15) is 11.6 Å². The molecule has 1 heterocycles. The molecule has 0 bridgehead atoms. The Kier molecular flexibility index (Phi) is 5.88. The summed E-state index contributed by atoms with van der Waals surface area (Å²) in [6, 6.07) is 4.00. The van der Waals surface area contributed by atoms with Crippen molar-refractivity contribution < 1.29 is 8.78 Å². The highest BCUT2D eigenvalue weighted by molar-refractivity contribution is 5.18. The number of halogens is 2. The summed E-state index contributed by atoms with van der Waals surface area (Å²) in [6.45, 7) is 7.72. The molecule has 0 unspecified atom stereocenters. The number of rotatable bonds is 5. The van der Waals surface area contributed by atoms with Crippen LogP contribution in [-0.2, 0) is 6.54 Å². The zero-order valence-corrected chi connectivity index (χ0v) is 12.8. The van der Waals surface area contributed by atoms with Gasteiger partial charge in [0, 0.05) is 24.7 Å². The van der Waals surface area contributed by atoms with E-state index in [1.807, 2.05) is 0 Å². The molecule has 0 aromatic heterocycles. The standard InChI is InChI=1S/C17H24F2N2/c1-13(2)5-8-21-9-6-16(7-10-21)20-12-14-11-15(18)3-4-17(14)19/h3-5,11,16,20H,6-10,12H2,1-2H3. The van der Waals surface area contributed by atoms with Crippen molar-refractivity contribution in [3.05, 3.63) is 47.0 Å². The predicted molar refractivity (Wildman–Crippen MR) is 82.1 cm³/mol. The summed E-state index contributed by atoms with van der Waals surface area (Å²) in [5.74, 6) is -0.727. The SMILES string of the molecule is CC(C)=CCN1CCC(NCc2cc(F)ccc2F)CC1. The van der Waals surface area contributed by atoms with Crippen LogP contribution in [0.2, 0.25) is 0 Å². The van der Waals surface area contributed by atoms with Crippen LogP contribution in [0.25, 0.3) is 0 Å². The average molecular weight is 294 g/mol. The van der Waals surface area contributed by atoms with Crippen molar-refractivity contribution in [2.24, 2.45) is 0 Å². The van der Waals surface area contributed by atoms with E-state index in [0.29, 0.717) is 18.2 Å². The van der Waals surface area contributed by atoms with Gasteiger partial charge in [-0.3, -0.25) is 4.90 Å². The number of hydrogen-bond acceptors (Lipinski definition) is 2. The normalized spacial score (nSPS) is 17.0. The molecule has 1 aliphatic heterocycles.